The topological polar surface area (TPSA) is 90.0 Å². The van der Waals surface area contributed by atoms with E-state index >= 15 is 0 Å². The van der Waals surface area contributed by atoms with Crippen LogP contribution in [0, 0.1) is 19.8 Å². The van der Waals surface area contributed by atoms with Gasteiger partial charge in [-0.05, 0) is 73.1 Å². The Morgan fingerprint density at radius 3 is 2.16 bits per heavy atom. The zero-order chi connectivity index (χ0) is 27.0. The Labute approximate surface area is 223 Å². The van der Waals surface area contributed by atoms with Crippen molar-refractivity contribution in [1.82, 2.24) is 29.0 Å². The summed E-state index contributed by atoms with van der Waals surface area (Å²) in [7, 11) is -3.14. The van der Waals surface area contributed by atoms with Gasteiger partial charge in [0, 0.05) is 63.9 Å². The Balaban J connectivity index is 1.27. The molecule has 1 atom stereocenters. The summed E-state index contributed by atoms with van der Waals surface area (Å²) < 4.78 is 26.7. The van der Waals surface area contributed by atoms with Crippen LogP contribution in [0.3, 0.4) is 0 Å². The minimum atomic E-state index is -3.14. The molecule has 0 bridgehead atoms. The molecule has 0 aromatic carbocycles. The molecule has 1 aromatic rings. The van der Waals surface area contributed by atoms with Gasteiger partial charge in [-0.15, -0.1) is 0 Å². The number of aryl methyl sites for hydroxylation is 2. The lowest BCUT2D eigenvalue weighted by molar-refractivity contribution is -0.0223. The molecule has 0 unspecified atom stereocenters. The largest absolute Gasteiger partial charge is 0.338 e. The molecule has 3 aliphatic rings. The second-order valence-electron chi connectivity index (χ2n) is 11.9. The highest BCUT2D eigenvalue weighted by Crippen LogP contribution is 2.32. The molecule has 10 heteroatoms. The number of piperidine rings is 2. The summed E-state index contributed by atoms with van der Waals surface area (Å²) in [6.07, 6.45) is 5.37. The summed E-state index contributed by atoms with van der Waals surface area (Å²) in [6.45, 7) is 19.0. The SMILES string of the molecule is Cc1ncnc(C)c1C(=O)N1CCC(C)(N2CCN(CC3CCN(S(=O)(=O)C(C)C)CC3)[C@@H](C)C2)CC1. The van der Waals surface area contributed by atoms with Crippen LogP contribution in [-0.4, -0.2) is 112 Å². The summed E-state index contributed by atoms with van der Waals surface area (Å²) >= 11 is 0. The van der Waals surface area contributed by atoms with E-state index in [-0.39, 0.29) is 16.7 Å². The molecule has 3 fully saturated rings. The van der Waals surface area contributed by atoms with Crippen molar-refractivity contribution in [1.29, 1.82) is 0 Å². The highest BCUT2D eigenvalue weighted by Gasteiger charge is 2.41. The monoisotopic (exact) mass is 534 g/mol. The van der Waals surface area contributed by atoms with Crippen LogP contribution < -0.4 is 0 Å². The third-order valence-corrected chi connectivity index (χ3v) is 11.4. The molecule has 37 heavy (non-hydrogen) atoms. The van der Waals surface area contributed by atoms with Crippen molar-refractivity contribution in [2.75, 3.05) is 52.4 Å². The summed E-state index contributed by atoms with van der Waals surface area (Å²) in [5.74, 6) is 0.620. The number of nitrogens with zero attached hydrogens (tertiary/aromatic N) is 6. The Bertz CT molecular complexity index is 1040. The predicted molar refractivity (Wildman–Crippen MR) is 146 cm³/mol. The molecule has 3 saturated heterocycles. The first-order valence-corrected chi connectivity index (χ1v) is 15.5. The van der Waals surface area contributed by atoms with Crippen LogP contribution in [0.25, 0.3) is 0 Å². The number of carbonyl (C=O) groups is 1. The van der Waals surface area contributed by atoms with Crippen LogP contribution >= 0.6 is 0 Å². The highest BCUT2D eigenvalue weighted by atomic mass is 32.2. The highest BCUT2D eigenvalue weighted by molar-refractivity contribution is 7.89. The number of hydrogen-bond acceptors (Lipinski definition) is 7. The lowest BCUT2D eigenvalue weighted by Crippen LogP contribution is -2.62. The van der Waals surface area contributed by atoms with Crippen molar-refractivity contribution in [2.45, 2.75) is 84.1 Å². The number of aromatic nitrogens is 2. The molecule has 1 amide bonds. The maximum Gasteiger partial charge on any atom is 0.257 e. The van der Waals surface area contributed by atoms with E-state index in [9.17, 15) is 13.2 Å². The minimum Gasteiger partial charge on any atom is -0.338 e. The standard InChI is InChI=1S/C27H46N6O3S/c1-20(2)37(35,36)33-11-7-24(8-12-33)18-31-15-16-32(17-21(31)3)27(6)9-13-30(14-10-27)26(34)25-22(4)28-19-29-23(25)5/h19-21,24H,7-18H2,1-6H3/t21-/m0/s1. The van der Waals surface area contributed by atoms with E-state index in [2.05, 4.69) is 33.6 Å². The lowest BCUT2D eigenvalue weighted by atomic mass is 9.86. The Morgan fingerprint density at radius 1 is 1.03 bits per heavy atom. The average molecular weight is 535 g/mol. The van der Waals surface area contributed by atoms with Crippen LogP contribution in [0.2, 0.25) is 0 Å². The van der Waals surface area contributed by atoms with Crippen molar-refractivity contribution in [3.8, 4) is 0 Å². The van der Waals surface area contributed by atoms with Gasteiger partial charge in [-0.1, -0.05) is 0 Å². The quantitative estimate of drug-likeness (QED) is 0.554. The fourth-order valence-electron chi connectivity index (χ4n) is 6.30. The second-order valence-corrected chi connectivity index (χ2v) is 14.4. The van der Waals surface area contributed by atoms with E-state index < -0.39 is 10.0 Å². The van der Waals surface area contributed by atoms with Crippen LogP contribution in [0.1, 0.15) is 75.1 Å². The fourth-order valence-corrected chi connectivity index (χ4v) is 7.62. The number of sulfonamides is 1. The Hall–Kier alpha value is -1.62. The molecule has 0 aliphatic carbocycles. The molecular formula is C27H46N6O3S. The molecular weight excluding hydrogens is 488 g/mol. The van der Waals surface area contributed by atoms with Gasteiger partial charge in [0.2, 0.25) is 10.0 Å². The normalized spacial score (nSPS) is 25.1. The molecule has 0 radical (unpaired) electrons. The summed E-state index contributed by atoms with van der Waals surface area (Å²) in [5, 5.41) is -0.343. The molecule has 3 aliphatic heterocycles. The molecule has 4 heterocycles. The molecule has 4 rings (SSSR count). The average Bonchev–Trinajstić information content (AvgIpc) is 2.85. The molecule has 9 nitrogen and oxygen atoms in total. The van der Waals surface area contributed by atoms with Gasteiger partial charge in [-0.3, -0.25) is 14.6 Å². The summed E-state index contributed by atoms with van der Waals surface area (Å²) in [4.78, 5) is 28.9. The van der Waals surface area contributed by atoms with Crippen molar-refractivity contribution in [3.63, 3.8) is 0 Å². The third-order valence-electron chi connectivity index (χ3n) is 9.12. The Kier molecular flexibility index (Phi) is 8.62. The van der Waals surface area contributed by atoms with Gasteiger partial charge in [0.05, 0.1) is 22.2 Å². The second kappa shape index (κ2) is 11.2. The number of likely N-dealkylation sites (tertiary alicyclic amines) is 1. The maximum absolute atomic E-state index is 13.2. The van der Waals surface area contributed by atoms with Crippen molar-refractivity contribution < 1.29 is 13.2 Å². The number of hydrogen-bond donors (Lipinski definition) is 0. The zero-order valence-electron chi connectivity index (χ0n) is 23.6. The van der Waals surface area contributed by atoms with Crippen LogP contribution in [0.4, 0.5) is 0 Å². The summed E-state index contributed by atoms with van der Waals surface area (Å²) in [5.41, 5.74) is 2.26. The summed E-state index contributed by atoms with van der Waals surface area (Å²) in [6, 6.07) is 0.467. The predicted octanol–water partition coefficient (Wildman–Crippen LogP) is 2.54. The van der Waals surface area contributed by atoms with Crippen LogP contribution in [-0.2, 0) is 10.0 Å². The first-order chi connectivity index (χ1) is 17.4. The van der Waals surface area contributed by atoms with E-state index in [0.29, 0.717) is 30.6 Å². The van der Waals surface area contributed by atoms with Gasteiger partial charge in [-0.2, -0.15) is 0 Å². The number of piperazine rings is 1. The van der Waals surface area contributed by atoms with Gasteiger partial charge in [-0.25, -0.2) is 22.7 Å². The zero-order valence-corrected chi connectivity index (χ0v) is 24.4. The van der Waals surface area contributed by atoms with E-state index in [1.807, 2.05) is 18.7 Å². The number of carbonyl (C=O) groups excluding carboxylic acids is 1. The number of rotatable bonds is 6. The Morgan fingerprint density at radius 2 is 1.62 bits per heavy atom. The van der Waals surface area contributed by atoms with E-state index in [1.165, 1.54) is 6.33 Å². The van der Waals surface area contributed by atoms with E-state index in [4.69, 9.17) is 0 Å². The van der Waals surface area contributed by atoms with Crippen molar-refractivity contribution >= 4 is 15.9 Å². The van der Waals surface area contributed by atoms with Crippen molar-refractivity contribution in [2.24, 2.45) is 5.92 Å². The number of amides is 1. The first kappa shape index (κ1) is 28.4. The van der Waals surface area contributed by atoms with Gasteiger partial charge < -0.3 is 4.90 Å². The van der Waals surface area contributed by atoms with Gasteiger partial charge >= 0.3 is 0 Å². The molecule has 208 valence electrons. The minimum absolute atomic E-state index is 0.0584. The van der Waals surface area contributed by atoms with Crippen molar-refractivity contribution in [3.05, 3.63) is 23.3 Å². The fraction of sp³-hybridized carbons (Fsp3) is 0.815. The molecule has 0 N–H and O–H groups in total. The third kappa shape index (κ3) is 6.02. The van der Waals surface area contributed by atoms with Crippen LogP contribution in [0.15, 0.2) is 6.33 Å². The van der Waals surface area contributed by atoms with Crippen LogP contribution in [0.5, 0.6) is 0 Å². The smallest absolute Gasteiger partial charge is 0.257 e. The molecule has 0 saturated carbocycles. The first-order valence-electron chi connectivity index (χ1n) is 14.0. The van der Waals surface area contributed by atoms with Gasteiger partial charge in [0.1, 0.15) is 6.33 Å². The maximum atomic E-state index is 13.2. The molecule has 0 spiro atoms. The lowest BCUT2D eigenvalue weighted by Gasteiger charge is -2.52. The molecule has 1 aromatic heterocycles. The van der Waals surface area contributed by atoms with Gasteiger partial charge in [0.25, 0.3) is 5.91 Å². The van der Waals surface area contributed by atoms with E-state index in [0.717, 1.165) is 76.3 Å². The van der Waals surface area contributed by atoms with Gasteiger partial charge in [0.15, 0.2) is 0 Å². The van der Waals surface area contributed by atoms with E-state index in [1.54, 1.807) is 18.2 Å².